The van der Waals surface area contributed by atoms with Gasteiger partial charge >= 0.3 is 5.97 Å². The Morgan fingerprint density at radius 1 is 1.38 bits per heavy atom. The van der Waals surface area contributed by atoms with Crippen LogP contribution in [-0.2, 0) is 9.53 Å². The maximum Gasteiger partial charge on any atom is 0.313 e. The normalized spacial score (nSPS) is 13.2. The Labute approximate surface area is 96.6 Å². The molecule has 1 aromatic rings. The lowest BCUT2D eigenvalue weighted by molar-refractivity contribution is -0.156. The van der Waals surface area contributed by atoms with Crippen LogP contribution in [0.4, 0.5) is 5.69 Å². The molecule has 0 radical (unpaired) electrons. The first-order valence-corrected chi connectivity index (χ1v) is 5.38. The van der Waals surface area contributed by atoms with Gasteiger partial charge in [0.05, 0.1) is 5.92 Å². The monoisotopic (exact) mass is 221 g/mol. The summed E-state index contributed by atoms with van der Waals surface area (Å²) < 4.78 is 5.31. The number of ether oxygens (including phenoxy) is 1. The van der Waals surface area contributed by atoms with Gasteiger partial charge in [-0.25, -0.2) is 0 Å². The van der Waals surface area contributed by atoms with Crippen LogP contribution in [0.5, 0.6) is 0 Å². The standard InChI is InChI=1S/C13H19NO2/c1-9(12(15)16-13(2,3)4)10-6-5-7-11(14)8-10/h5-9H,14H2,1-4H3/t9-/m1/s1. The molecule has 0 amide bonds. The Hall–Kier alpha value is -1.51. The smallest absolute Gasteiger partial charge is 0.313 e. The SMILES string of the molecule is C[C@@H](C(=O)OC(C)(C)C)c1cccc(N)c1. The minimum Gasteiger partial charge on any atom is -0.460 e. The Morgan fingerprint density at radius 3 is 2.50 bits per heavy atom. The van der Waals surface area contributed by atoms with Gasteiger partial charge < -0.3 is 10.5 Å². The van der Waals surface area contributed by atoms with Crippen molar-refractivity contribution in [1.82, 2.24) is 0 Å². The number of esters is 1. The van der Waals surface area contributed by atoms with Crippen LogP contribution < -0.4 is 5.73 Å². The van der Waals surface area contributed by atoms with Crippen molar-refractivity contribution < 1.29 is 9.53 Å². The van der Waals surface area contributed by atoms with Crippen LogP contribution in [0.15, 0.2) is 24.3 Å². The molecular formula is C13H19NO2. The van der Waals surface area contributed by atoms with Gasteiger partial charge in [0.15, 0.2) is 0 Å². The van der Waals surface area contributed by atoms with Crippen molar-refractivity contribution >= 4 is 11.7 Å². The van der Waals surface area contributed by atoms with Gasteiger partial charge in [0.25, 0.3) is 0 Å². The highest BCUT2D eigenvalue weighted by molar-refractivity contribution is 5.78. The number of nitrogens with two attached hydrogens (primary N) is 1. The molecule has 0 saturated carbocycles. The fourth-order valence-corrected chi connectivity index (χ4v) is 1.35. The molecule has 88 valence electrons. The lowest BCUT2D eigenvalue weighted by Gasteiger charge is -2.22. The maximum atomic E-state index is 11.8. The molecule has 0 spiro atoms. The van der Waals surface area contributed by atoms with Gasteiger partial charge in [-0.2, -0.15) is 0 Å². The third-order valence-electron chi connectivity index (χ3n) is 2.17. The number of hydrogen-bond acceptors (Lipinski definition) is 3. The number of nitrogen functional groups attached to an aromatic ring is 1. The summed E-state index contributed by atoms with van der Waals surface area (Å²) in [5, 5.41) is 0. The van der Waals surface area contributed by atoms with Crippen molar-refractivity contribution in [3.63, 3.8) is 0 Å². The second-order valence-electron chi connectivity index (χ2n) is 4.93. The van der Waals surface area contributed by atoms with Crippen LogP contribution in [-0.4, -0.2) is 11.6 Å². The molecule has 0 unspecified atom stereocenters. The fraction of sp³-hybridized carbons (Fsp3) is 0.462. The zero-order valence-corrected chi connectivity index (χ0v) is 10.3. The van der Waals surface area contributed by atoms with E-state index in [4.69, 9.17) is 10.5 Å². The van der Waals surface area contributed by atoms with Crippen LogP contribution in [0.2, 0.25) is 0 Å². The second kappa shape index (κ2) is 4.56. The first-order valence-electron chi connectivity index (χ1n) is 5.38. The number of anilines is 1. The lowest BCUT2D eigenvalue weighted by Crippen LogP contribution is -2.26. The van der Waals surface area contributed by atoms with Crippen LogP contribution in [0.25, 0.3) is 0 Å². The summed E-state index contributed by atoms with van der Waals surface area (Å²) >= 11 is 0. The quantitative estimate of drug-likeness (QED) is 0.617. The molecule has 1 rings (SSSR count). The van der Waals surface area contributed by atoms with E-state index in [-0.39, 0.29) is 11.9 Å². The second-order valence-corrected chi connectivity index (χ2v) is 4.93. The first-order chi connectivity index (χ1) is 7.29. The Bertz CT molecular complexity index is 380. The van der Waals surface area contributed by atoms with E-state index in [1.807, 2.05) is 39.8 Å². The van der Waals surface area contributed by atoms with Crippen LogP contribution in [0.3, 0.4) is 0 Å². The van der Waals surface area contributed by atoms with Gasteiger partial charge in [-0.15, -0.1) is 0 Å². The zero-order valence-electron chi connectivity index (χ0n) is 10.3. The summed E-state index contributed by atoms with van der Waals surface area (Å²) in [5.74, 6) is -0.513. The predicted molar refractivity (Wildman–Crippen MR) is 65.1 cm³/mol. The van der Waals surface area contributed by atoms with Gasteiger partial charge in [0, 0.05) is 5.69 Å². The average Bonchev–Trinajstić information content (AvgIpc) is 2.14. The van der Waals surface area contributed by atoms with Gasteiger partial charge in [-0.05, 0) is 45.4 Å². The highest BCUT2D eigenvalue weighted by Crippen LogP contribution is 2.21. The molecule has 3 heteroatoms. The van der Waals surface area contributed by atoms with E-state index in [0.29, 0.717) is 5.69 Å². The van der Waals surface area contributed by atoms with Crippen molar-refractivity contribution in [2.45, 2.75) is 39.2 Å². The van der Waals surface area contributed by atoms with Crippen molar-refractivity contribution in [3.05, 3.63) is 29.8 Å². The highest BCUT2D eigenvalue weighted by atomic mass is 16.6. The van der Waals surface area contributed by atoms with Gasteiger partial charge in [-0.3, -0.25) is 4.79 Å². The van der Waals surface area contributed by atoms with Gasteiger partial charge in [-0.1, -0.05) is 12.1 Å². The van der Waals surface area contributed by atoms with Crippen LogP contribution >= 0.6 is 0 Å². The molecule has 0 saturated heterocycles. The lowest BCUT2D eigenvalue weighted by atomic mass is 10.0. The van der Waals surface area contributed by atoms with E-state index in [0.717, 1.165) is 5.56 Å². The van der Waals surface area contributed by atoms with Crippen molar-refractivity contribution in [1.29, 1.82) is 0 Å². The number of hydrogen-bond donors (Lipinski definition) is 1. The molecule has 16 heavy (non-hydrogen) atoms. The van der Waals surface area contributed by atoms with Gasteiger partial charge in [0.1, 0.15) is 5.60 Å². The molecule has 2 N–H and O–H groups in total. The Kier molecular flexibility index (Phi) is 3.58. The van der Waals surface area contributed by atoms with E-state index >= 15 is 0 Å². The Morgan fingerprint density at radius 2 is 2.00 bits per heavy atom. The molecule has 1 aromatic carbocycles. The summed E-state index contributed by atoms with van der Waals surface area (Å²) in [7, 11) is 0. The van der Waals surface area contributed by atoms with Gasteiger partial charge in [0.2, 0.25) is 0 Å². The average molecular weight is 221 g/mol. The van der Waals surface area contributed by atoms with Crippen molar-refractivity contribution in [3.8, 4) is 0 Å². The molecule has 0 aliphatic rings. The minimum atomic E-state index is -0.453. The predicted octanol–water partition coefficient (Wildman–Crippen LogP) is 2.71. The maximum absolute atomic E-state index is 11.8. The summed E-state index contributed by atoms with van der Waals surface area (Å²) in [6, 6.07) is 7.32. The van der Waals surface area contributed by atoms with Crippen molar-refractivity contribution in [2.75, 3.05) is 5.73 Å². The van der Waals surface area contributed by atoms with E-state index in [1.54, 1.807) is 12.1 Å². The number of carbonyl (C=O) groups excluding carboxylic acids is 1. The molecule has 0 bridgehead atoms. The largest absolute Gasteiger partial charge is 0.460 e. The summed E-state index contributed by atoms with van der Waals surface area (Å²) in [6.45, 7) is 7.40. The van der Waals surface area contributed by atoms with E-state index in [9.17, 15) is 4.79 Å². The molecular weight excluding hydrogens is 202 g/mol. The fourth-order valence-electron chi connectivity index (χ4n) is 1.35. The van der Waals surface area contributed by atoms with Crippen molar-refractivity contribution in [2.24, 2.45) is 0 Å². The molecule has 0 aliphatic heterocycles. The van der Waals surface area contributed by atoms with E-state index < -0.39 is 5.60 Å². The summed E-state index contributed by atoms with van der Waals surface area (Å²) in [5.41, 5.74) is 6.76. The highest BCUT2D eigenvalue weighted by Gasteiger charge is 2.22. The van der Waals surface area contributed by atoms with Crippen LogP contribution in [0, 0.1) is 0 Å². The summed E-state index contributed by atoms with van der Waals surface area (Å²) in [6.07, 6.45) is 0. The third kappa shape index (κ3) is 3.57. The molecule has 0 fully saturated rings. The molecule has 3 nitrogen and oxygen atoms in total. The zero-order chi connectivity index (χ0) is 12.3. The molecule has 0 aromatic heterocycles. The topological polar surface area (TPSA) is 52.3 Å². The number of rotatable bonds is 2. The Balaban J connectivity index is 2.78. The van der Waals surface area contributed by atoms with E-state index in [2.05, 4.69) is 0 Å². The summed E-state index contributed by atoms with van der Waals surface area (Å²) in [4.78, 5) is 11.8. The third-order valence-corrected chi connectivity index (χ3v) is 2.17. The molecule has 0 heterocycles. The molecule has 1 atom stereocenters. The minimum absolute atomic E-state index is 0.224. The first kappa shape index (κ1) is 12.6. The number of carbonyl (C=O) groups is 1. The molecule has 0 aliphatic carbocycles. The van der Waals surface area contributed by atoms with Crippen LogP contribution in [0.1, 0.15) is 39.2 Å². The van der Waals surface area contributed by atoms with E-state index in [1.165, 1.54) is 0 Å². The number of benzene rings is 1.